The third kappa shape index (κ3) is 3.65. The van der Waals surface area contributed by atoms with Gasteiger partial charge in [0.2, 0.25) is 0 Å². The highest BCUT2D eigenvalue weighted by molar-refractivity contribution is 5.84. The minimum atomic E-state index is -0.249. The highest BCUT2D eigenvalue weighted by Crippen LogP contribution is 2.37. The number of aryl methyl sites for hydroxylation is 1. The lowest BCUT2D eigenvalue weighted by Crippen LogP contribution is -2.13. The van der Waals surface area contributed by atoms with Crippen LogP contribution in [0.4, 0.5) is 4.39 Å². The Hall–Kier alpha value is -2.48. The fourth-order valence-corrected chi connectivity index (χ4v) is 3.22. The van der Waals surface area contributed by atoms with Gasteiger partial charge in [0, 0.05) is 0 Å². The molecule has 2 aromatic carbocycles. The van der Waals surface area contributed by atoms with Crippen LogP contribution in [-0.2, 0) is 11.2 Å². The molecule has 0 spiro atoms. The molecular weight excluding hydrogens is 287 g/mol. The summed E-state index contributed by atoms with van der Waals surface area (Å²) in [5.41, 5.74) is 4.14. The molecule has 3 rings (SSSR count). The van der Waals surface area contributed by atoms with Gasteiger partial charge in [-0.05, 0) is 65.7 Å². The van der Waals surface area contributed by atoms with Gasteiger partial charge in [0.15, 0.2) is 0 Å². The van der Waals surface area contributed by atoms with Gasteiger partial charge in [-0.1, -0.05) is 48.6 Å². The van der Waals surface area contributed by atoms with Crippen LogP contribution in [0.25, 0.3) is 11.6 Å². The first kappa shape index (κ1) is 15.4. The Morgan fingerprint density at radius 3 is 2.74 bits per heavy atom. The second-order valence-corrected chi connectivity index (χ2v) is 5.84. The van der Waals surface area contributed by atoms with Gasteiger partial charge in [0.1, 0.15) is 12.1 Å². The molecule has 1 nitrogen and oxygen atoms in total. The molecular formula is C21H19FO. The van der Waals surface area contributed by atoms with E-state index in [9.17, 15) is 9.18 Å². The summed E-state index contributed by atoms with van der Waals surface area (Å²) in [5.74, 6) is 0.00971. The number of halogens is 1. The zero-order chi connectivity index (χ0) is 16.1. The molecule has 1 aliphatic carbocycles. The first-order chi connectivity index (χ1) is 11.3. The van der Waals surface area contributed by atoms with Gasteiger partial charge in [-0.25, -0.2) is 4.39 Å². The number of hydrogen-bond donors (Lipinski definition) is 0. The van der Waals surface area contributed by atoms with E-state index in [4.69, 9.17) is 0 Å². The second kappa shape index (κ2) is 7.19. The molecule has 0 heterocycles. The summed E-state index contributed by atoms with van der Waals surface area (Å²) in [5, 5.41) is 0. The lowest BCUT2D eigenvalue weighted by atomic mass is 9.77. The summed E-state index contributed by atoms with van der Waals surface area (Å²) in [6, 6.07) is 15.0. The molecule has 0 radical (unpaired) electrons. The van der Waals surface area contributed by atoms with Gasteiger partial charge < -0.3 is 0 Å². The molecule has 0 N–H and O–H groups in total. The maximum absolute atomic E-state index is 13.6. The Kier molecular flexibility index (Phi) is 4.82. The van der Waals surface area contributed by atoms with Crippen LogP contribution in [0, 0.1) is 11.7 Å². The van der Waals surface area contributed by atoms with Crippen LogP contribution in [0.3, 0.4) is 0 Å². The van der Waals surface area contributed by atoms with Crippen molar-refractivity contribution in [3.05, 3.63) is 83.2 Å². The van der Waals surface area contributed by atoms with E-state index < -0.39 is 0 Å². The van der Waals surface area contributed by atoms with Crippen molar-refractivity contribution in [3.63, 3.8) is 0 Å². The molecule has 2 aromatic rings. The second-order valence-electron chi connectivity index (χ2n) is 5.84. The Morgan fingerprint density at radius 1 is 1.13 bits per heavy atom. The predicted octanol–water partition coefficient (Wildman–Crippen LogP) is 5.07. The molecule has 1 aliphatic rings. The molecule has 23 heavy (non-hydrogen) atoms. The molecule has 0 saturated heterocycles. The summed E-state index contributed by atoms with van der Waals surface area (Å²) >= 11 is 0. The van der Waals surface area contributed by atoms with Crippen LogP contribution in [0.2, 0.25) is 0 Å². The minimum absolute atomic E-state index is 0.249. The van der Waals surface area contributed by atoms with Gasteiger partial charge >= 0.3 is 0 Å². The van der Waals surface area contributed by atoms with Crippen LogP contribution in [0.15, 0.2) is 60.7 Å². The van der Waals surface area contributed by atoms with Gasteiger partial charge in [-0.2, -0.15) is 0 Å². The quantitative estimate of drug-likeness (QED) is 0.569. The highest BCUT2D eigenvalue weighted by atomic mass is 19.1. The van der Waals surface area contributed by atoms with Crippen molar-refractivity contribution in [3.8, 4) is 0 Å². The zero-order valence-electron chi connectivity index (χ0n) is 12.9. The van der Waals surface area contributed by atoms with E-state index in [2.05, 4.69) is 24.3 Å². The van der Waals surface area contributed by atoms with Crippen LogP contribution in [-0.4, -0.2) is 6.29 Å². The third-order valence-electron chi connectivity index (χ3n) is 4.36. The van der Waals surface area contributed by atoms with Crippen molar-refractivity contribution in [1.29, 1.82) is 0 Å². The van der Waals surface area contributed by atoms with E-state index in [1.807, 2.05) is 24.3 Å². The topological polar surface area (TPSA) is 17.1 Å². The lowest BCUT2D eigenvalue weighted by molar-refractivity contribution is -0.104. The summed E-state index contributed by atoms with van der Waals surface area (Å²) in [6.07, 6.45) is 9.40. The van der Waals surface area contributed by atoms with E-state index in [1.54, 1.807) is 12.1 Å². The van der Waals surface area contributed by atoms with Gasteiger partial charge in [-0.15, -0.1) is 0 Å². The Balaban J connectivity index is 1.81. The SMILES string of the molecule is O=C/C=C1/c2cc(F)ccc2CC[C@H]1C/C=C/c1ccccc1. The van der Waals surface area contributed by atoms with Gasteiger partial charge in [0.05, 0.1) is 0 Å². The van der Waals surface area contributed by atoms with Gasteiger partial charge in [0.25, 0.3) is 0 Å². The predicted molar refractivity (Wildman–Crippen MR) is 92.3 cm³/mol. The molecule has 116 valence electrons. The molecule has 2 heteroatoms. The molecule has 1 atom stereocenters. The lowest BCUT2D eigenvalue weighted by Gasteiger charge is -2.27. The number of hydrogen-bond acceptors (Lipinski definition) is 1. The van der Waals surface area contributed by atoms with E-state index in [0.29, 0.717) is 0 Å². The van der Waals surface area contributed by atoms with Crippen LogP contribution < -0.4 is 0 Å². The molecule has 0 aromatic heterocycles. The third-order valence-corrected chi connectivity index (χ3v) is 4.36. The van der Waals surface area contributed by atoms with Crippen molar-refractivity contribution < 1.29 is 9.18 Å². The number of benzene rings is 2. The van der Waals surface area contributed by atoms with Crippen molar-refractivity contribution >= 4 is 17.9 Å². The molecule has 0 aliphatic heterocycles. The average molecular weight is 306 g/mol. The number of allylic oxidation sites excluding steroid dienone is 3. The Labute approximate surface area is 136 Å². The summed E-state index contributed by atoms with van der Waals surface area (Å²) in [4.78, 5) is 11.0. The first-order valence-electron chi connectivity index (χ1n) is 7.93. The molecule has 0 amide bonds. The fourth-order valence-electron chi connectivity index (χ4n) is 3.22. The zero-order valence-corrected chi connectivity index (χ0v) is 12.9. The van der Waals surface area contributed by atoms with E-state index in [-0.39, 0.29) is 11.7 Å². The maximum atomic E-state index is 13.6. The summed E-state index contributed by atoms with van der Waals surface area (Å²) in [7, 11) is 0. The standard InChI is InChI=1S/C21H19FO/c22-19-12-11-18-10-9-17(20(13-14-23)21(18)15-19)8-4-7-16-5-2-1-3-6-16/h1-7,11-15,17H,8-10H2/b7-4+,20-13+/t17-/m1/s1. The van der Waals surface area contributed by atoms with Crippen molar-refractivity contribution in [2.75, 3.05) is 0 Å². The highest BCUT2D eigenvalue weighted by Gasteiger charge is 2.23. The Morgan fingerprint density at radius 2 is 1.96 bits per heavy atom. The number of aldehydes is 1. The number of carbonyl (C=O) groups excluding carboxylic acids is 1. The first-order valence-corrected chi connectivity index (χ1v) is 7.93. The molecule has 0 unspecified atom stereocenters. The number of carbonyl (C=O) groups is 1. The average Bonchev–Trinajstić information content (AvgIpc) is 2.58. The van der Waals surface area contributed by atoms with E-state index in [0.717, 1.165) is 47.8 Å². The molecule has 0 saturated carbocycles. The largest absolute Gasteiger partial charge is 0.299 e. The van der Waals surface area contributed by atoms with Crippen molar-refractivity contribution in [2.24, 2.45) is 5.92 Å². The van der Waals surface area contributed by atoms with Gasteiger partial charge in [-0.3, -0.25) is 4.79 Å². The van der Waals surface area contributed by atoms with Crippen molar-refractivity contribution in [2.45, 2.75) is 19.3 Å². The van der Waals surface area contributed by atoms with Crippen molar-refractivity contribution in [1.82, 2.24) is 0 Å². The van der Waals surface area contributed by atoms with Crippen LogP contribution >= 0.6 is 0 Å². The normalized spacial score (nSPS) is 19.0. The van der Waals surface area contributed by atoms with Crippen LogP contribution in [0.5, 0.6) is 0 Å². The summed E-state index contributed by atoms with van der Waals surface area (Å²) in [6.45, 7) is 0. The minimum Gasteiger partial charge on any atom is -0.299 e. The van der Waals surface area contributed by atoms with E-state index in [1.165, 1.54) is 6.07 Å². The fraction of sp³-hybridized carbons (Fsp3) is 0.190. The monoisotopic (exact) mass is 306 g/mol. The molecule has 0 bridgehead atoms. The molecule has 0 fully saturated rings. The van der Waals surface area contributed by atoms with E-state index >= 15 is 0 Å². The summed E-state index contributed by atoms with van der Waals surface area (Å²) < 4.78 is 13.6. The number of fused-ring (bicyclic) bond motifs is 1. The maximum Gasteiger partial charge on any atom is 0.143 e. The van der Waals surface area contributed by atoms with Crippen LogP contribution in [0.1, 0.15) is 29.5 Å². The smallest absolute Gasteiger partial charge is 0.143 e. The Bertz CT molecular complexity index is 744. The number of rotatable bonds is 4.